The predicted molar refractivity (Wildman–Crippen MR) is 83.2 cm³/mol. The molecule has 1 aromatic heterocycles. The maximum Gasteiger partial charge on any atom is 0.100 e. The third-order valence-corrected chi connectivity index (χ3v) is 4.46. The second-order valence-corrected chi connectivity index (χ2v) is 6.21. The monoisotopic (exact) mass is 285 g/mol. The van der Waals surface area contributed by atoms with Crippen LogP contribution in [-0.2, 0) is 6.42 Å². The molecule has 20 heavy (non-hydrogen) atoms. The Bertz CT molecular complexity index is 623. The first kappa shape index (κ1) is 14.7. The molecule has 0 saturated heterocycles. The van der Waals surface area contributed by atoms with E-state index in [1.807, 2.05) is 35.3 Å². The van der Waals surface area contributed by atoms with Gasteiger partial charge in [-0.2, -0.15) is 10.4 Å². The zero-order valence-corrected chi connectivity index (χ0v) is 12.9. The van der Waals surface area contributed by atoms with E-state index in [0.717, 1.165) is 28.3 Å². The number of benzene rings is 1. The lowest BCUT2D eigenvalue weighted by atomic mass is 10.2. The van der Waals surface area contributed by atoms with Crippen molar-refractivity contribution in [2.75, 3.05) is 5.75 Å². The van der Waals surface area contributed by atoms with E-state index in [0.29, 0.717) is 5.92 Å². The largest absolute Gasteiger partial charge is 0.241 e. The average molecular weight is 285 g/mol. The number of thioether (sulfide) groups is 1. The zero-order valence-electron chi connectivity index (χ0n) is 12.1. The third-order valence-electron chi connectivity index (χ3n) is 2.96. The first-order valence-electron chi connectivity index (χ1n) is 6.85. The molecule has 2 aromatic rings. The number of rotatable bonds is 5. The minimum atomic E-state index is 0.615. The summed E-state index contributed by atoms with van der Waals surface area (Å²) in [5.74, 6) is 1.64. The Labute approximate surface area is 124 Å². The highest BCUT2D eigenvalue weighted by molar-refractivity contribution is 7.99. The summed E-state index contributed by atoms with van der Waals surface area (Å²) in [5, 5.41) is 13.7. The van der Waals surface area contributed by atoms with E-state index < -0.39 is 0 Å². The number of hydrogen-bond acceptors (Lipinski definition) is 3. The van der Waals surface area contributed by atoms with Gasteiger partial charge in [-0.25, -0.2) is 4.68 Å². The van der Waals surface area contributed by atoms with Crippen molar-refractivity contribution < 1.29 is 0 Å². The van der Waals surface area contributed by atoms with Crippen LogP contribution in [0, 0.1) is 17.2 Å². The SMILES string of the molecule is CCc1cnn(-c2ccc(SCC(C)C)c(C#N)c2)c1. The van der Waals surface area contributed by atoms with Gasteiger partial charge in [-0.05, 0) is 36.1 Å². The van der Waals surface area contributed by atoms with Gasteiger partial charge in [-0.3, -0.25) is 0 Å². The molecule has 0 atom stereocenters. The van der Waals surface area contributed by atoms with Gasteiger partial charge in [0.2, 0.25) is 0 Å². The molecule has 0 bridgehead atoms. The van der Waals surface area contributed by atoms with Gasteiger partial charge >= 0.3 is 0 Å². The van der Waals surface area contributed by atoms with Crippen LogP contribution >= 0.6 is 11.8 Å². The van der Waals surface area contributed by atoms with Crippen molar-refractivity contribution in [1.82, 2.24) is 9.78 Å². The highest BCUT2D eigenvalue weighted by Crippen LogP contribution is 2.26. The molecule has 0 aliphatic rings. The molecule has 4 heteroatoms. The number of aryl methyl sites for hydroxylation is 1. The molecule has 0 fully saturated rings. The summed E-state index contributed by atoms with van der Waals surface area (Å²) in [6.45, 7) is 6.47. The normalized spacial score (nSPS) is 10.8. The van der Waals surface area contributed by atoms with E-state index >= 15 is 0 Å². The molecule has 3 nitrogen and oxygen atoms in total. The second kappa shape index (κ2) is 6.62. The van der Waals surface area contributed by atoms with Crippen LogP contribution in [-0.4, -0.2) is 15.5 Å². The van der Waals surface area contributed by atoms with E-state index in [-0.39, 0.29) is 0 Å². The Morgan fingerprint density at radius 1 is 1.40 bits per heavy atom. The van der Waals surface area contributed by atoms with E-state index in [1.54, 1.807) is 11.8 Å². The summed E-state index contributed by atoms with van der Waals surface area (Å²) < 4.78 is 1.83. The maximum atomic E-state index is 9.31. The van der Waals surface area contributed by atoms with Gasteiger partial charge in [-0.15, -0.1) is 11.8 Å². The highest BCUT2D eigenvalue weighted by atomic mass is 32.2. The number of nitrogens with zero attached hydrogens (tertiary/aromatic N) is 3. The Morgan fingerprint density at radius 2 is 2.20 bits per heavy atom. The Kier molecular flexibility index (Phi) is 4.86. The van der Waals surface area contributed by atoms with Crippen molar-refractivity contribution in [3.05, 3.63) is 41.7 Å². The molecule has 0 unspecified atom stereocenters. The molecule has 0 aliphatic heterocycles. The predicted octanol–water partition coefficient (Wildman–Crippen LogP) is 4.05. The molecule has 0 spiro atoms. The summed E-state index contributed by atoms with van der Waals surface area (Å²) in [7, 11) is 0. The summed E-state index contributed by atoms with van der Waals surface area (Å²) in [6, 6.07) is 8.25. The van der Waals surface area contributed by atoms with Crippen LogP contribution in [0.3, 0.4) is 0 Å². The molecular weight excluding hydrogens is 266 g/mol. The van der Waals surface area contributed by atoms with E-state index in [2.05, 4.69) is 31.9 Å². The van der Waals surface area contributed by atoms with Crippen molar-refractivity contribution in [1.29, 1.82) is 5.26 Å². The smallest absolute Gasteiger partial charge is 0.100 e. The maximum absolute atomic E-state index is 9.31. The average Bonchev–Trinajstić information content (AvgIpc) is 2.93. The minimum absolute atomic E-state index is 0.615. The van der Waals surface area contributed by atoms with Crippen LogP contribution in [0.5, 0.6) is 0 Å². The summed E-state index contributed by atoms with van der Waals surface area (Å²) >= 11 is 1.74. The highest BCUT2D eigenvalue weighted by Gasteiger charge is 2.07. The van der Waals surface area contributed by atoms with Crippen molar-refractivity contribution in [2.24, 2.45) is 5.92 Å². The fourth-order valence-corrected chi connectivity index (χ4v) is 2.75. The fraction of sp³-hybridized carbons (Fsp3) is 0.375. The first-order chi connectivity index (χ1) is 9.63. The van der Waals surface area contributed by atoms with Crippen LogP contribution in [0.25, 0.3) is 5.69 Å². The first-order valence-corrected chi connectivity index (χ1v) is 7.83. The van der Waals surface area contributed by atoms with Crippen LogP contribution in [0.1, 0.15) is 31.9 Å². The number of nitriles is 1. The van der Waals surface area contributed by atoms with Crippen LogP contribution < -0.4 is 0 Å². The van der Waals surface area contributed by atoms with E-state index in [4.69, 9.17) is 0 Å². The molecule has 0 saturated carbocycles. The Morgan fingerprint density at radius 3 is 2.80 bits per heavy atom. The molecule has 2 rings (SSSR count). The molecule has 0 amide bonds. The summed E-state index contributed by atoms with van der Waals surface area (Å²) in [4.78, 5) is 1.05. The number of hydrogen-bond donors (Lipinski definition) is 0. The van der Waals surface area contributed by atoms with Crippen molar-refractivity contribution >= 4 is 11.8 Å². The molecular formula is C16H19N3S. The van der Waals surface area contributed by atoms with Crippen molar-refractivity contribution in [2.45, 2.75) is 32.1 Å². The number of aromatic nitrogens is 2. The van der Waals surface area contributed by atoms with Gasteiger partial charge in [0.05, 0.1) is 17.4 Å². The van der Waals surface area contributed by atoms with Crippen LogP contribution in [0.4, 0.5) is 0 Å². The lowest BCUT2D eigenvalue weighted by Crippen LogP contribution is -1.97. The molecule has 0 N–H and O–H groups in total. The van der Waals surface area contributed by atoms with Gasteiger partial charge in [0.25, 0.3) is 0 Å². The lowest BCUT2D eigenvalue weighted by Gasteiger charge is -2.08. The molecule has 0 radical (unpaired) electrons. The summed E-state index contributed by atoms with van der Waals surface area (Å²) in [5.41, 5.74) is 2.86. The van der Waals surface area contributed by atoms with Gasteiger partial charge in [0, 0.05) is 16.8 Å². The van der Waals surface area contributed by atoms with Gasteiger partial charge in [0.1, 0.15) is 6.07 Å². The molecule has 1 heterocycles. The molecule has 104 valence electrons. The topological polar surface area (TPSA) is 41.6 Å². The van der Waals surface area contributed by atoms with Crippen molar-refractivity contribution in [3.8, 4) is 11.8 Å². The molecule has 1 aromatic carbocycles. The minimum Gasteiger partial charge on any atom is -0.241 e. The second-order valence-electron chi connectivity index (χ2n) is 5.14. The fourth-order valence-electron chi connectivity index (χ4n) is 1.81. The Hall–Kier alpha value is -1.73. The van der Waals surface area contributed by atoms with Crippen LogP contribution in [0.15, 0.2) is 35.5 Å². The van der Waals surface area contributed by atoms with E-state index in [1.165, 1.54) is 5.56 Å². The summed E-state index contributed by atoms with van der Waals surface area (Å²) in [6.07, 6.45) is 4.85. The van der Waals surface area contributed by atoms with E-state index in [9.17, 15) is 5.26 Å². The van der Waals surface area contributed by atoms with Crippen LogP contribution in [0.2, 0.25) is 0 Å². The Balaban J connectivity index is 2.27. The zero-order chi connectivity index (χ0) is 14.5. The molecule has 0 aliphatic carbocycles. The third kappa shape index (κ3) is 3.43. The van der Waals surface area contributed by atoms with Gasteiger partial charge < -0.3 is 0 Å². The van der Waals surface area contributed by atoms with Crippen molar-refractivity contribution in [3.63, 3.8) is 0 Å². The quantitative estimate of drug-likeness (QED) is 0.778. The lowest BCUT2D eigenvalue weighted by molar-refractivity contribution is 0.750. The van der Waals surface area contributed by atoms with Gasteiger partial charge in [-0.1, -0.05) is 20.8 Å². The standard InChI is InChI=1S/C16H19N3S/c1-4-13-9-18-19(10-13)15-5-6-16(14(7-15)8-17)20-11-12(2)3/h5-7,9-10,12H,4,11H2,1-3H3. The van der Waals surface area contributed by atoms with Gasteiger partial charge in [0.15, 0.2) is 0 Å².